The largest absolute Gasteiger partial charge is 0.504 e. The van der Waals surface area contributed by atoms with Crippen molar-refractivity contribution in [3.8, 4) is 11.5 Å². The van der Waals surface area contributed by atoms with Crippen molar-refractivity contribution in [1.82, 2.24) is 0 Å². The third kappa shape index (κ3) is 3.08. The number of esters is 1. The van der Waals surface area contributed by atoms with Crippen molar-refractivity contribution in [1.29, 1.82) is 0 Å². The van der Waals surface area contributed by atoms with Gasteiger partial charge in [-0.1, -0.05) is 6.07 Å². The molecule has 0 amide bonds. The first-order valence-corrected chi connectivity index (χ1v) is 4.97. The summed E-state index contributed by atoms with van der Waals surface area (Å²) in [6.07, 6.45) is -2.46. The number of carbonyl (C=O) groups is 1. The molecule has 0 saturated heterocycles. The van der Waals surface area contributed by atoms with Crippen molar-refractivity contribution in [2.45, 2.75) is 19.0 Å². The fourth-order valence-corrected chi connectivity index (χ4v) is 1.21. The number of rotatable bonds is 4. The van der Waals surface area contributed by atoms with Crippen molar-refractivity contribution in [3.05, 3.63) is 23.8 Å². The van der Waals surface area contributed by atoms with Crippen molar-refractivity contribution in [2.24, 2.45) is 5.73 Å². The lowest BCUT2D eigenvalue weighted by atomic mass is 10.0. The number of phenols is 2. The van der Waals surface area contributed by atoms with Gasteiger partial charge in [0.2, 0.25) is 0 Å². The lowest BCUT2D eigenvalue weighted by Crippen LogP contribution is -2.38. The van der Waals surface area contributed by atoms with E-state index in [1.165, 1.54) is 6.07 Å². The maximum atomic E-state index is 11.4. The highest BCUT2D eigenvalue weighted by Crippen LogP contribution is 2.28. The summed E-state index contributed by atoms with van der Waals surface area (Å²) in [5.41, 5.74) is 5.32. The van der Waals surface area contributed by atoms with Crippen LogP contribution in [0.4, 0.5) is 0 Å². The zero-order valence-corrected chi connectivity index (χ0v) is 9.25. The Morgan fingerprint density at radius 1 is 1.53 bits per heavy atom. The third-order valence-corrected chi connectivity index (χ3v) is 2.11. The molecule has 1 aromatic rings. The van der Waals surface area contributed by atoms with Crippen molar-refractivity contribution in [2.75, 3.05) is 6.61 Å². The number of nitrogens with two attached hydrogens (primary N) is 1. The van der Waals surface area contributed by atoms with E-state index in [1.807, 2.05) is 0 Å². The first kappa shape index (κ1) is 11.7. The monoisotopic (exact) mass is 242 g/mol. The highest BCUT2D eigenvalue weighted by Gasteiger charge is 2.25. The highest BCUT2D eigenvalue weighted by molar-refractivity contribution is 5.76. The van der Waals surface area contributed by atoms with Gasteiger partial charge in [0, 0.05) is 0 Å². The van der Waals surface area contributed by atoms with Gasteiger partial charge in [0.25, 0.3) is 0 Å². The Morgan fingerprint density at radius 2 is 2.18 bits per heavy atom. The average Bonchev–Trinajstić information content (AvgIpc) is 2.31. The van der Waals surface area contributed by atoms with Crippen LogP contribution < -0.4 is 5.73 Å². The van der Waals surface area contributed by atoms with E-state index >= 15 is 0 Å². The second kappa shape index (κ2) is 5.51. The molecule has 0 spiro atoms. The predicted octanol–water partition coefficient (Wildman–Crippen LogP) is 0.0216. The molecule has 0 aliphatic carbocycles. The van der Waals surface area contributed by atoms with Gasteiger partial charge in [-0.3, -0.25) is 4.79 Å². The highest BCUT2D eigenvalue weighted by atomic mass is 16.5. The minimum Gasteiger partial charge on any atom is -0.504 e. The molecule has 17 heavy (non-hydrogen) atoms. The van der Waals surface area contributed by atoms with Crippen LogP contribution in [-0.4, -0.2) is 33.9 Å². The predicted molar refractivity (Wildman–Crippen MR) is 59.3 cm³/mol. The van der Waals surface area contributed by atoms with Crippen LogP contribution in [0.3, 0.4) is 0 Å². The Hall–Kier alpha value is -1.79. The van der Waals surface area contributed by atoms with Crippen LogP contribution in [0.15, 0.2) is 18.2 Å². The van der Waals surface area contributed by atoms with Gasteiger partial charge >= 0.3 is 5.97 Å². The van der Waals surface area contributed by atoms with Gasteiger partial charge < -0.3 is 25.8 Å². The summed E-state index contributed by atoms with van der Waals surface area (Å²) >= 11 is 0. The lowest BCUT2D eigenvalue weighted by Gasteiger charge is -2.17. The average molecular weight is 242 g/mol. The Balaban J connectivity index is 3.04. The van der Waals surface area contributed by atoms with E-state index in [1.54, 1.807) is 6.92 Å². The van der Waals surface area contributed by atoms with E-state index in [0.29, 0.717) is 0 Å². The van der Waals surface area contributed by atoms with Gasteiger partial charge in [-0.2, -0.15) is 0 Å². The topological polar surface area (TPSA) is 113 Å². The van der Waals surface area contributed by atoms with Gasteiger partial charge in [0.1, 0.15) is 12.1 Å². The molecule has 0 aromatic heterocycles. The molecule has 0 fully saturated rings. The fourth-order valence-electron chi connectivity index (χ4n) is 1.21. The summed E-state index contributed by atoms with van der Waals surface area (Å²) in [4.78, 5) is 11.4. The number of hydrogen-bond donors (Lipinski definition) is 4. The number of ether oxygens (including phenoxy) is 1. The standard InChI is InChI=1S/C11H15NO5/c1-2-17-11(16)9(12)10(15)6-3-4-7(13)8(14)5-6/h3-5,9-10,13-15H,2,12H2,1H3/i10D. The molecule has 0 heterocycles. The number of aliphatic hydroxyl groups is 1. The Labute approximate surface area is 99.7 Å². The van der Waals surface area contributed by atoms with Gasteiger partial charge in [0.15, 0.2) is 11.5 Å². The summed E-state index contributed by atoms with van der Waals surface area (Å²) in [6, 6.07) is 1.60. The first-order valence-electron chi connectivity index (χ1n) is 5.47. The van der Waals surface area contributed by atoms with E-state index in [2.05, 4.69) is 4.74 Å². The van der Waals surface area contributed by atoms with Crippen LogP contribution in [0.2, 0.25) is 0 Å². The van der Waals surface area contributed by atoms with Crippen LogP contribution in [0.5, 0.6) is 11.5 Å². The molecular formula is C11H15NO5. The van der Waals surface area contributed by atoms with Gasteiger partial charge in [-0.05, 0) is 24.6 Å². The Morgan fingerprint density at radius 3 is 2.71 bits per heavy atom. The Kier molecular flexibility index (Phi) is 3.79. The van der Waals surface area contributed by atoms with Crippen LogP contribution in [0, 0.1) is 0 Å². The molecule has 0 aliphatic heterocycles. The summed E-state index contributed by atoms with van der Waals surface area (Å²) in [5, 5.41) is 28.3. The molecule has 1 rings (SSSR count). The number of phenolic OH excluding ortho intramolecular Hbond substituents is 2. The molecule has 5 N–H and O–H groups in total. The Bertz CT molecular complexity index is 449. The zero-order valence-electron chi connectivity index (χ0n) is 10.3. The van der Waals surface area contributed by atoms with E-state index in [-0.39, 0.29) is 12.2 Å². The lowest BCUT2D eigenvalue weighted by molar-refractivity contribution is -0.147. The van der Waals surface area contributed by atoms with Crippen LogP contribution in [0.1, 0.15) is 19.9 Å². The molecular weight excluding hydrogens is 226 g/mol. The number of aromatic hydroxyl groups is 2. The zero-order chi connectivity index (χ0) is 13.9. The number of hydrogen-bond acceptors (Lipinski definition) is 6. The molecule has 0 radical (unpaired) electrons. The maximum absolute atomic E-state index is 11.4. The van der Waals surface area contributed by atoms with E-state index < -0.39 is 29.6 Å². The minimum atomic E-state index is -2.46. The summed E-state index contributed by atoms with van der Waals surface area (Å²) in [6.45, 7) is 1.64. The molecule has 2 unspecified atom stereocenters. The van der Waals surface area contributed by atoms with Crippen LogP contribution >= 0.6 is 0 Å². The SMILES string of the molecule is [2H]C(O)(c1ccc(O)c(O)c1)C(N)C(=O)OCC. The number of carbonyl (C=O) groups excluding carboxylic acids is 1. The molecule has 6 heteroatoms. The molecule has 94 valence electrons. The smallest absolute Gasteiger partial charge is 0.325 e. The molecule has 0 aliphatic rings. The first-order chi connectivity index (χ1) is 8.30. The van der Waals surface area contributed by atoms with E-state index in [0.717, 1.165) is 12.1 Å². The summed E-state index contributed by atoms with van der Waals surface area (Å²) < 4.78 is 12.3. The second-order valence-electron chi connectivity index (χ2n) is 3.32. The summed E-state index contributed by atoms with van der Waals surface area (Å²) in [5.74, 6) is -1.85. The molecule has 0 saturated carbocycles. The van der Waals surface area contributed by atoms with Gasteiger partial charge in [-0.15, -0.1) is 0 Å². The van der Waals surface area contributed by atoms with Crippen molar-refractivity contribution in [3.63, 3.8) is 0 Å². The summed E-state index contributed by atoms with van der Waals surface area (Å²) in [7, 11) is 0. The molecule has 6 nitrogen and oxygen atoms in total. The van der Waals surface area contributed by atoms with Crippen molar-refractivity contribution >= 4 is 5.97 Å². The maximum Gasteiger partial charge on any atom is 0.325 e. The van der Waals surface area contributed by atoms with Gasteiger partial charge in [0.05, 0.1) is 7.98 Å². The van der Waals surface area contributed by atoms with E-state index in [4.69, 9.17) is 12.2 Å². The second-order valence-corrected chi connectivity index (χ2v) is 3.32. The normalized spacial score (nSPS) is 16.8. The van der Waals surface area contributed by atoms with Gasteiger partial charge in [-0.25, -0.2) is 0 Å². The minimum absolute atomic E-state index is 0.0729. The van der Waals surface area contributed by atoms with Crippen LogP contribution in [0.25, 0.3) is 0 Å². The van der Waals surface area contributed by atoms with E-state index in [9.17, 15) is 15.0 Å². The third-order valence-electron chi connectivity index (χ3n) is 2.11. The molecule has 1 aromatic carbocycles. The number of benzene rings is 1. The van der Waals surface area contributed by atoms with Crippen LogP contribution in [-0.2, 0) is 9.53 Å². The molecule has 2 atom stereocenters. The molecule has 0 bridgehead atoms. The fraction of sp³-hybridized carbons (Fsp3) is 0.364. The van der Waals surface area contributed by atoms with Crippen molar-refractivity contribution < 1.29 is 26.2 Å². The quantitative estimate of drug-likeness (QED) is 0.437.